The number of methoxy groups -OCH3 is 1. The lowest BCUT2D eigenvalue weighted by Crippen LogP contribution is -2.43. The first-order valence-corrected chi connectivity index (χ1v) is 4.13. The molecular formula is C9H15NO2. The Bertz CT molecular complexity index is 233. The van der Waals surface area contributed by atoms with Crippen LogP contribution >= 0.6 is 0 Å². The van der Waals surface area contributed by atoms with Crippen LogP contribution in [0.5, 0.6) is 0 Å². The van der Waals surface area contributed by atoms with Gasteiger partial charge in [0.15, 0.2) is 0 Å². The molecule has 1 rings (SSSR count). The smallest absolute Gasteiger partial charge is 0.250 e. The van der Waals surface area contributed by atoms with E-state index in [1.54, 1.807) is 14.0 Å². The molecule has 1 heterocycles. The molecule has 0 aliphatic carbocycles. The van der Waals surface area contributed by atoms with Gasteiger partial charge in [-0.3, -0.25) is 4.79 Å². The molecule has 0 bridgehead atoms. The summed E-state index contributed by atoms with van der Waals surface area (Å²) in [6, 6.07) is 0.163. The molecular weight excluding hydrogens is 154 g/mol. The molecule has 2 atom stereocenters. The predicted octanol–water partition coefficient (Wildman–Crippen LogP) is 1.06. The lowest BCUT2D eigenvalue weighted by atomic mass is 9.94. The van der Waals surface area contributed by atoms with Crippen molar-refractivity contribution >= 4 is 5.91 Å². The standard InChI is InChI=1S/C9H15NO2/c1-5-7(3)10-9(11)6(2)8(5)12-4/h5,7H,1-4H3,(H,10,11)/t5?,7-/m1/s1. The van der Waals surface area contributed by atoms with Gasteiger partial charge in [0, 0.05) is 12.0 Å². The Morgan fingerprint density at radius 1 is 1.42 bits per heavy atom. The Morgan fingerprint density at radius 3 is 2.50 bits per heavy atom. The van der Waals surface area contributed by atoms with Crippen LogP contribution in [0.4, 0.5) is 0 Å². The lowest BCUT2D eigenvalue weighted by molar-refractivity contribution is -0.119. The van der Waals surface area contributed by atoms with E-state index in [0.717, 1.165) is 5.76 Å². The van der Waals surface area contributed by atoms with Crippen molar-refractivity contribution in [1.29, 1.82) is 0 Å². The molecule has 0 saturated carbocycles. The van der Waals surface area contributed by atoms with Crippen LogP contribution in [-0.2, 0) is 9.53 Å². The second kappa shape index (κ2) is 3.17. The van der Waals surface area contributed by atoms with Crippen LogP contribution in [0.25, 0.3) is 0 Å². The van der Waals surface area contributed by atoms with Crippen molar-refractivity contribution in [3.8, 4) is 0 Å². The molecule has 1 aliphatic rings. The zero-order valence-electron chi connectivity index (χ0n) is 7.97. The van der Waals surface area contributed by atoms with E-state index in [9.17, 15) is 4.79 Å². The number of carbonyl (C=O) groups excluding carboxylic acids is 1. The van der Waals surface area contributed by atoms with Crippen molar-refractivity contribution in [1.82, 2.24) is 5.32 Å². The van der Waals surface area contributed by atoms with E-state index in [-0.39, 0.29) is 17.9 Å². The van der Waals surface area contributed by atoms with E-state index in [1.807, 2.05) is 13.8 Å². The van der Waals surface area contributed by atoms with Crippen LogP contribution < -0.4 is 5.32 Å². The lowest BCUT2D eigenvalue weighted by Gasteiger charge is -2.29. The van der Waals surface area contributed by atoms with Crippen molar-refractivity contribution in [2.75, 3.05) is 7.11 Å². The molecule has 0 saturated heterocycles. The minimum Gasteiger partial charge on any atom is -0.500 e. The monoisotopic (exact) mass is 169 g/mol. The summed E-state index contributed by atoms with van der Waals surface area (Å²) in [5.41, 5.74) is 0.697. The van der Waals surface area contributed by atoms with Crippen LogP contribution in [-0.4, -0.2) is 19.1 Å². The van der Waals surface area contributed by atoms with Gasteiger partial charge in [-0.1, -0.05) is 6.92 Å². The number of rotatable bonds is 1. The number of ether oxygens (including phenoxy) is 1. The molecule has 68 valence electrons. The third-order valence-corrected chi connectivity index (χ3v) is 2.45. The van der Waals surface area contributed by atoms with Crippen molar-refractivity contribution < 1.29 is 9.53 Å². The summed E-state index contributed by atoms with van der Waals surface area (Å²) < 4.78 is 5.18. The first kappa shape index (κ1) is 9.10. The van der Waals surface area contributed by atoms with Crippen molar-refractivity contribution in [2.24, 2.45) is 5.92 Å². The van der Waals surface area contributed by atoms with Gasteiger partial charge in [-0.15, -0.1) is 0 Å². The molecule has 1 unspecified atom stereocenters. The highest BCUT2D eigenvalue weighted by atomic mass is 16.5. The van der Waals surface area contributed by atoms with Gasteiger partial charge in [0.05, 0.1) is 12.7 Å². The van der Waals surface area contributed by atoms with Crippen LogP contribution in [0.3, 0.4) is 0 Å². The molecule has 1 amide bonds. The zero-order chi connectivity index (χ0) is 9.30. The van der Waals surface area contributed by atoms with E-state index in [2.05, 4.69) is 5.32 Å². The molecule has 0 aromatic heterocycles. The van der Waals surface area contributed by atoms with Gasteiger partial charge >= 0.3 is 0 Å². The Morgan fingerprint density at radius 2 is 2.00 bits per heavy atom. The highest BCUT2D eigenvalue weighted by Crippen LogP contribution is 2.23. The van der Waals surface area contributed by atoms with E-state index >= 15 is 0 Å². The maximum Gasteiger partial charge on any atom is 0.250 e. The molecule has 0 aromatic rings. The maximum absolute atomic E-state index is 11.3. The Labute approximate surface area is 72.8 Å². The van der Waals surface area contributed by atoms with Gasteiger partial charge in [-0.05, 0) is 13.8 Å². The topological polar surface area (TPSA) is 38.3 Å². The van der Waals surface area contributed by atoms with Crippen LogP contribution in [0.1, 0.15) is 20.8 Å². The van der Waals surface area contributed by atoms with Crippen LogP contribution in [0.2, 0.25) is 0 Å². The molecule has 0 radical (unpaired) electrons. The van der Waals surface area contributed by atoms with Crippen molar-refractivity contribution in [2.45, 2.75) is 26.8 Å². The quantitative estimate of drug-likeness (QED) is 0.637. The third kappa shape index (κ3) is 1.31. The predicted molar refractivity (Wildman–Crippen MR) is 46.5 cm³/mol. The molecule has 0 aromatic carbocycles. The summed E-state index contributed by atoms with van der Waals surface area (Å²) in [7, 11) is 1.61. The van der Waals surface area contributed by atoms with E-state index in [1.165, 1.54) is 0 Å². The highest BCUT2D eigenvalue weighted by molar-refractivity contribution is 5.94. The fourth-order valence-corrected chi connectivity index (χ4v) is 1.46. The second-order valence-electron chi connectivity index (χ2n) is 3.24. The fourth-order valence-electron chi connectivity index (χ4n) is 1.46. The van der Waals surface area contributed by atoms with Crippen LogP contribution in [0, 0.1) is 5.92 Å². The van der Waals surface area contributed by atoms with Gasteiger partial charge in [0.1, 0.15) is 5.76 Å². The van der Waals surface area contributed by atoms with Gasteiger partial charge in [-0.25, -0.2) is 0 Å². The van der Waals surface area contributed by atoms with E-state index in [0.29, 0.717) is 5.57 Å². The van der Waals surface area contributed by atoms with E-state index < -0.39 is 0 Å². The summed E-state index contributed by atoms with van der Waals surface area (Å²) in [5.74, 6) is 1.07. The van der Waals surface area contributed by atoms with Gasteiger partial charge in [0.25, 0.3) is 5.91 Å². The largest absolute Gasteiger partial charge is 0.500 e. The van der Waals surface area contributed by atoms with Crippen molar-refractivity contribution in [3.05, 3.63) is 11.3 Å². The Kier molecular flexibility index (Phi) is 2.40. The number of amides is 1. The average molecular weight is 169 g/mol. The first-order chi connectivity index (χ1) is 5.57. The maximum atomic E-state index is 11.3. The van der Waals surface area contributed by atoms with Crippen molar-refractivity contribution in [3.63, 3.8) is 0 Å². The molecule has 3 nitrogen and oxygen atoms in total. The highest BCUT2D eigenvalue weighted by Gasteiger charge is 2.28. The summed E-state index contributed by atoms with van der Waals surface area (Å²) in [4.78, 5) is 11.3. The summed E-state index contributed by atoms with van der Waals surface area (Å²) in [6.07, 6.45) is 0. The normalized spacial score (nSPS) is 30.2. The molecule has 12 heavy (non-hydrogen) atoms. The molecule has 1 N–H and O–H groups in total. The van der Waals surface area contributed by atoms with Gasteiger partial charge < -0.3 is 10.1 Å². The van der Waals surface area contributed by atoms with Crippen LogP contribution in [0.15, 0.2) is 11.3 Å². The second-order valence-corrected chi connectivity index (χ2v) is 3.24. The third-order valence-electron chi connectivity index (χ3n) is 2.45. The number of carbonyl (C=O) groups is 1. The first-order valence-electron chi connectivity index (χ1n) is 4.13. The van der Waals surface area contributed by atoms with Gasteiger partial charge in [0.2, 0.25) is 0 Å². The minimum absolute atomic E-state index is 0.0162. The molecule has 1 aliphatic heterocycles. The fraction of sp³-hybridized carbons (Fsp3) is 0.667. The Hall–Kier alpha value is -0.990. The number of hydrogen-bond acceptors (Lipinski definition) is 2. The zero-order valence-corrected chi connectivity index (χ0v) is 7.97. The molecule has 0 fully saturated rings. The number of hydrogen-bond donors (Lipinski definition) is 1. The summed E-state index contributed by atoms with van der Waals surface area (Å²) in [5, 5.41) is 2.87. The van der Waals surface area contributed by atoms with Gasteiger partial charge in [-0.2, -0.15) is 0 Å². The number of nitrogens with one attached hydrogen (secondary N) is 1. The minimum atomic E-state index is -0.0162. The summed E-state index contributed by atoms with van der Waals surface area (Å²) in [6.45, 7) is 5.82. The molecule has 3 heteroatoms. The molecule has 0 spiro atoms. The SMILES string of the molecule is COC1=C(C)C(=O)N[C@H](C)C1C. The average Bonchev–Trinajstić information content (AvgIpc) is 2.02. The van der Waals surface area contributed by atoms with E-state index in [4.69, 9.17) is 4.74 Å². The Balaban J connectivity index is 3.00. The summed E-state index contributed by atoms with van der Waals surface area (Å²) >= 11 is 0.